The van der Waals surface area contributed by atoms with Crippen LogP contribution < -0.4 is 5.46 Å². The molecule has 1 fully saturated rings. The van der Waals surface area contributed by atoms with Gasteiger partial charge in [-0.2, -0.15) is 0 Å². The first kappa shape index (κ1) is 14.6. The molecule has 0 spiro atoms. The molecule has 0 amide bonds. The van der Waals surface area contributed by atoms with E-state index in [1.807, 2.05) is 18.2 Å². The second kappa shape index (κ2) is 7.68. The summed E-state index contributed by atoms with van der Waals surface area (Å²) in [5.41, 5.74) is 1.64. The van der Waals surface area contributed by atoms with Crippen molar-refractivity contribution in [2.24, 2.45) is 5.92 Å². The maximum atomic E-state index is 9.11. The molecule has 0 saturated heterocycles. The lowest BCUT2D eigenvalue weighted by Gasteiger charge is -2.21. The molecule has 1 aromatic carbocycles. The third-order valence-electron chi connectivity index (χ3n) is 3.86. The van der Waals surface area contributed by atoms with E-state index in [2.05, 4.69) is 0 Å². The van der Waals surface area contributed by atoms with E-state index in [0.717, 1.165) is 24.5 Å². The fourth-order valence-corrected chi connectivity index (χ4v) is 2.70. The Labute approximate surface area is 115 Å². The summed E-state index contributed by atoms with van der Waals surface area (Å²) in [5, 5.41) is 18.2. The van der Waals surface area contributed by atoms with Crippen molar-refractivity contribution in [2.45, 2.75) is 38.5 Å². The highest BCUT2D eigenvalue weighted by Gasteiger charge is 2.13. The molecule has 0 unspecified atom stereocenters. The lowest BCUT2D eigenvalue weighted by molar-refractivity contribution is 0.0874. The summed E-state index contributed by atoms with van der Waals surface area (Å²) in [7, 11) is -1.39. The topological polar surface area (TPSA) is 49.7 Å². The fourth-order valence-electron chi connectivity index (χ4n) is 2.70. The number of rotatable bonds is 6. The van der Waals surface area contributed by atoms with Gasteiger partial charge in [0, 0.05) is 6.61 Å². The van der Waals surface area contributed by atoms with Crippen molar-refractivity contribution in [3.8, 4) is 0 Å². The molecule has 2 rings (SSSR count). The van der Waals surface area contributed by atoms with E-state index >= 15 is 0 Å². The van der Waals surface area contributed by atoms with E-state index < -0.39 is 7.12 Å². The van der Waals surface area contributed by atoms with Crippen LogP contribution in [0, 0.1) is 5.92 Å². The van der Waals surface area contributed by atoms with Crippen LogP contribution >= 0.6 is 0 Å². The number of benzene rings is 1. The van der Waals surface area contributed by atoms with Gasteiger partial charge in [0.25, 0.3) is 0 Å². The smallest absolute Gasteiger partial charge is 0.423 e. The molecule has 0 heterocycles. The molecule has 104 valence electrons. The molecular formula is C15H23BO3. The van der Waals surface area contributed by atoms with Gasteiger partial charge in [0.15, 0.2) is 0 Å². The minimum absolute atomic E-state index is 0.546. The summed E-state index contributed by atoms with van der Waals surface area (Å²) in [6.07, 6.45) is 7.54. The maximum absolute atomic E-state index is 9.11. The number of hydrogen-bond acceptors (Lipinski definition) is 3. The first-order chi connectivity index (χ1) is 9.25. The summed E-state index contributed by atoms with van der Waals surface area (Å²) in [6.45, 7) is 1.59. The first-order valence-electron chi connectivity index (χ1n) is 7.28. The van der Waals surface area contributed by atoms with Crippen LogP contribution in [0.5, 0.6) is 0 Å². The molecule has 0 aliphatic heterocycles. The first-order valence-corrected chi connectivity index (χ1v) is 7.28. The molecule has 19 heavy (non-hydrogen) atoms. The summed E-state index contributed by atoms with van der Waals surface area (Å²) < 4.78 is 5.75. The molecule has 1 aromatic rings. The lowest BCUT2D eigenvalue weighted by Crippen LogP contribution is -2.29. The van der Waals surface area contributed by atoms with Crippen molar-refractivity contribution < 1.29 is 14.8 Å². The monoisotopic (exact) mass is 262 g/mol. The van der Waals surface area contributed by atoms with Gasteiger partial charge in [0.1, 0.15) is 0 Å². The van der Waals surface area contributed by atoms with Crippen molar-refractivity contribution in [3.05, 3.63) is 29.8 Å². The van der Waals surface area contributed by atoms with Crippen molar-refractivity contribution in [2.75, 3.05) is 13.2 Å². The van der Waals surface area contributed by atoms with Crippen molar-refractivity contribution in [3.63, 3.8) is 0 Å². The second-order valence-electron chi connectivity index (χ2n) is 5.45. The molecule has 0 atom stereocenters. The minimum Gasteiger partial charge on any atom is -0.423 e. The quantitative estimate of drug-likeness (QED) is 0.603. The highest BCUT2D eigenvalue weighted by atomic mass is 16.5. The zero-order valence-corrected chi connectivity index (χ0v) is 11.4. The molecule has 1 aliphatic carbocycles. The predicted octanol–water partition coefficient (Wildman–Crippen LogP) is 1.51. The van der Waals surface area contributed by atoms with Gasteiger partial charge in [0.2, 0.25) is 0 Å². The Hall–Kier alpha value is -0.835. The standard InChI is InChI=1S/C15H23BO3/c17-16(18)15-8-4-7-13(11-15)9-10-19-12-14-5-2-1-3-6-14/h4,7-8,11,14,17-18H,1-3,5-6,9-10,12H2. The van der Waals surface area contributed by atoms with Crippen LogP contribution in [0.1, 0.15) is 37.7 Å². The normalized spacial score (nSPS) is 16.5. The Balaban J connectivity index is 1.68. The zero-order chi connectivity index (χ0) is 13.5. The van der Waals surface area contributed by atoms with Crippen molar-refractivity contribution >= 4 is 12.6 Å². The largest absolute Gasteiger partial charge is 0.488 e. The summed E-state index contributed by atoms with van der Waals surface area (Å²) in [5.74, 6) is 0.749. The molecule has 0 radical (unpaired) electrons. The van der Waals surface area contributed by atoms with Gasteiger partial charge in [-0.3, -0.25) is 0 Å². The molecule has 0 aromatic heterocycles. The van der Waals surface area contributed by atoms with E-state index in [-0.39, 0.29) is 0 Å². The fraction of sp³-hybridized carbons (Fsp3) is 0.600. The van der Waals surface area contributed by atoms with E-state index in [1.165, 1.54) is 32.1 Å². The van der Waals surface area contributed by atoms with Gasteiger partial charge >= 0.3 is 7.12 Å². The van der Waals surface area contributed by atoms with Crippen molar-refractivity contribution in [1.29, 1.82) is 0 Å². The zero-order valence-electron chi connectivity index (χ0n) is 11.4. The molecule has 2 N–H and O–H groups in total. The summed E-state index contributed by atoms with van der Waals surface area (Å²) in [6, 6.07) is 7.40. The Kier molecular flexibility index (Phi) is 5.89. The Morgan fingerprint density at radius 3 is 2.68 bits per heavy atom. The van der Waals surface area contributed by atoms with Crippen LogP contribution in [-0.4, -0.2) is 30.4 Å². The van der Waals surface area contributed by atoms with Crippen LogP contribution in [0.4, 0.5) is 0 Å². The van der Waals surface area contributed by atoms with Gasteiger partial charge in [-0.05, 0) is 36.2 Å². The Morgan fingerprint density at radius 1 is 1.16 bits per heavy atom. The van der Waals surface area contributed by atoms with E-state index in [4.69, 9.17) is 14.8 Å². The van der Waals surface area contributed by atoms with Gasteiger partial charge < -0.3 is 14.8 Å². The SMILES string of the molecule is OB(O)c1cccc(CCOCC2CCCCC2)c1. The third kappa shape index (κ3) is 4.98. The maximum Gasteiger partial charge on any atom is 0.488 e. The minimum atomic E-state index is -1.39. The highest BCUT2D eigenvalue weighted by Crippen LogP contribution is 2.23. The predicted molar refractivity (Wildman–Crippen MR) is 77.4 cm³/mol. The van der Waals surface area contributed by atoms with E-state index in [9.17, 15) is 0 Å². The van der Waals surface area contributed by atoms with Gasteiger partial charge in [-0.1, -0.05) is 43.5 Å². The average molecular weight is 262 g/mol. The van der Waals surface area contributed by atoms with Crippen LogP contribution in [0.3, 0.4) is 0 Å². The molecule has 3 nitrogen and oxygen atoms in total. The van der Waals surface area contributed by atoms with Gasteiger partial charge in [0.05, 0.1) is 6.61 Å². The van der Waals surface area contributed by atoms with Crippen LogP contribution in [-0.2, 0) is 11.2 Å². The molecule has 1 saturated carbocycles. The number of ether oxygens (including phenoxy) is 1. The van der Waals surface area contributed by atoms with Gasteiger partial charge in [-0.25, -0.2) is 0 Å². The van der Waals surface area contributed by atoms with Crippen LogP contribution in [0.15, 0.2) is 24.3 Å². The van der Waals surface area contributed by atoms with Gasteiger partial charge in [-0.15, -0.1) is 0 Å². The summed E-state index contributed by atoms with van der Waals surface area (Å²) >= 11 is 0. The highest BCUT2D eigenvalue weighted by molar-refractivity contribution is 6.58. The lowest BCUT2D eigenvalue weighted by atomic mass is 9.79. The van der Waals surface area contributed by atoms with E-state index in [1.54, 1.807) is 6.07 Å². The summed E-state index contributed by atoms with van der Waals surface area (Å²) in [4.78, 5) is 0. The molecular weight excluding hydrogens is 239 g/mol. The second-order valence-corrected chi connectivity index (χ2v) is 5.45. The Bertz CT molecular complexity index is 375. The third-order valence-corrected chi connectivity index (χ3v) is 3.86. The molecule has 1 aliphatic rings. The average Bonchev–Trinajstić information content (AvgIpc) is 2.45. The molecule has 4 heteroatoms. The van der Waals surface area contributed by atoms with Crippen molar-refractivity contribution in [1.82, 2.24) is 0 Å². The van der Waals surface area contributed by atoms with Crippen LogP contribution in [0.2, 0.25) is 0 Å². The van der Waals surface area contributed by atoms with Crippen LogP contribution in [0.25, 0.3) is 0 Å². The Morgan fingerprint density at radius 2 is 1.95 bits per heavy atom. The molecule has 0 bridgehead atoms. The van der Waals surface area contributed by atoms with E-state index in [0.29, 0.717) is 12.1 Å². The number of hydrogen-bond donors (Lipinski definition) is 2.